The van der Waals surface area contributed by atoms with Crippen molar-refractivity contribution in [2.24, 2.45) is 0 Å². The lowest BCUT2D eigenvalue weighted by Gasteiger charge is -2.17. The van der Waals surface area contributed by atoms with E-state index in [2.05, 4.69) is 54.0 Å². The number of hydrogen-bond acceptors (Lipinski definition) is 3. The molecule has 2 atom stereocenters. The van der Waals surface area contributed by atoms with Crippen LogP contribution in [0.3, 0.4) is 0 Å². The van der Waals surface area contributed by atoms with Gasteiger partial charge in [0.2, 0.25) is 0 Å². The van der Waals surface area contributed by atoms with Gasteiger partial charge in [0, 0.05) is 17.5 Å². The van der Waals surface area contributed by atoms with Gasteiger partial charge < -0.3 is 10.4 Å². The number of hydrogen-bond donors (Lipinski definition) is 2. The van der Waals surface area contributed by atoms with E-state index in [1.165, 1.54) is 16.0 Å². The van der Waals surface area contributed by atoms with Gasteiger partial charge >= 0.3 is 0 Å². The Bertz CT molecular complexity index is 754. The molecule has 0 fully saturated rings. The number of aliphatic hydroxyl groups is 1. The third-order valence-corrected chi connectivity index (χ3v) is 5.32. The number of thiophene rings is 1. The van der Waals surface area contributed by atoms with E-state index in [0.29, 0.717) is 12.6 Å². The molecule has 1 heterocycles. The maximum Gasteiger partial charge on any atom is 0.0914 e. The summed E-state index contributed by atoms with van der Waals surface area (Å²) in [5.41, 5.74) is 3.69. The summed E-state index contributed by atoms with van der Waals surface area (Å²) >= 11 is 1.83. The first-order chi connectivity index (χ1) is 12.2. The van der Waals surface area contributed by atoms with Crippen LogP contribution >= 0.6 is 11.3 Å². The van der Waals surface area contributed by atoms with Crippen molar-refractivity contribution in [2.75, 3.05) is 6.54 Å². The number of nitrogens with one attached hydrogen (secondary N) is 1. The lowest BCUT2D eigenvalue weighted by Crippen LogP contribution is -2.31. The SMILES string of the molecule is C[C@H](Cc1cc(Cc2ccccc2)cs1)NC[C@H](O)c1ccccc1. The molecule has 0 saturated carbocycles. The predicted molar refractivity (Wildman–Crippen MR) is 106 cm³/mol. The Labute approximate surface area is 154 Å². The van der Waals surface area contributed by atoms with Gasteiger partial charge in [-0.1, -0.05) is 60.7 Å². The van der Waals surface area contributed by atoms with Crippen LogP contribution in [0, 0.1) is 0 Å². The molecule has 0 saturated heterocycles. The number of benzene rings is 2. The molecule has 3 heteroatoms. The standard InChI is InChI=1S/C22H25NOS/c1-17(23-15-22(24)20-10-6-3-7-11-20)12-21-14-19(16-25-21)13-18-8-4-2-5-9-18/h2-11,14,16-17,22-24H,12-13,15H2,1H3/t17-,22+/m1/s1. The van der Waals surface area contributed by atoms with Gasteiger partial charge in [-0.05, 0) is 47.9 Å². The molecule has 0 aliphatic heterocycles. The quantitative estimate of drug-likeness (QED) is 0.622. The zero-order valence-corrected chi connectivity index (χ0v) is 15.4. The highest BCUT2D eigenvalue weighted by Gasteiger charge is 2.10. The van der Waals surface area contributed by atoms with E-state index in [-0.39, 0.29) is 0 Å². The number of aliphatic hydroxyl groups excluding tert-OH is 1. The first-order valence-electron chi connectivity index (χ1n) is 8.77. The van der Waals surface area contributed by atoms with Crippen LogP contribution in [0.1, 0.15) is 34.6 Å². The second kappa shape index (κ2) is 8.95. The zero-order valence-electron chi connectivity index (χ0n) is 14.6. The fourth-order valence-electron chi connectivity index (χ4n) is 2.94. The second-order valence-electron chi connectivity index (χ2n) is 6.52. The van der Waals surface area contributed by atoms with Crippen molar-refractivity contribution in [3.8, 4) is 0 Å². The maximum absolute atomic E-state index is 10.2. The molecule has 3 rings (SSSR count). The molecule has 2 aromatic carbocycles. The van der Waals surface area contributed by atoms with Crippen molar-refractivity contribution in [2.45, 2.75) is 31.9 Å². The van der Waals surface area contributed by atoms with E-state index in [9.17, 15) is 5.11 Å². The highest BCUT2D eigenvalue weighted by molar-refractivity contribution is 7.10. The third kappa shape index (κ3) is 5.53. The first kappa shape index (κ1) is 17.9. The van der Waals surface area contributed by atoms with Crippen molar-refractivity contribution in [1.29, 1.82) is 0 Å². The fourth-order valence-corrected chi connectivity index (χ4v) is 3.96. The van der Waals surface area contributed by atoms with Gasteiger partial charge in [-0.2, -0.15) is 0 Å². The Balaban J connectivity index is 1.47. The van der Waals surface area contributed by atoms with Crippen LogP contribution in [0.2, 0.25) is 0 Å². The lowest BCUT2D eigenvalue weighted by molar-refractivity contribution is 0.170. The average Bonchev–Trinajstić information content (AvgIpc) is 3.08. The Morgan fingerprint density at radius 2 is 1.64 bits per heavy atom. The first-order valence-corrected chi connectivity index (χ1v) is 9.65. The Morgan fingerprint density at radius 3 is 2.36 bits per heavy atom. The smallest absolute Gasteiger partial charge is 0.0914 e. The minimum Gasteiger partial charge on any atom is -0.387 e. The van der Waals surface area contributed by atoms with E-state index < -0.39 is 6.10 Å². The number of rotatable bonds is 8. The van der Waals surface area contributed by atoms with Crippen LogP contribution in [0.4, 0.5) is 0 Å². The van der Waals surface area contributed by atoms with Gasteiger partial charge in [-0.3, -0.25) is 0 Å². The third-order valence-electron chi connectivity index (χ3n) is 4.31. The molecule has 0 radical (unpaired) electrons. The second-order valence-corrected chi connectivity index (χ2v) is 7.52. The molecule has 0 unspecified atom stereocenters. The molecular formula is C22H25NOS. The molecular weight excluding hydrogens is 326 g/mol. The van der Waals surface area contributed by atoms with Crippen LogP contribution in [0.5, 0.6) is 0 Å². The van der Waals surface area contributed by atoms with Gasteiger partial charge in [-0.15, -0.1) is 11.3 Å². The predicted octanol–water partition coefficient (Wildman–Crippen LogP) is 4.59. The topological polar surface area (TPSA) is 32.3 Å². The molecule has 0 aliphatic rings. The van der Waals surface area contributed by atoms with E-state index in [0.717, 1.165) is 18.4 Å². The molecule has 2 N–H and O–H groups in total. The minimum atomic E-state index is -0.458. The monoisotopic (exact) mass is 351 g/mol. The van der Waals surface area contributed by atoms with Gasteiger partial charge in [0.1, 0.15) is 0 Å². The summed E-state index contributed by atoms with van der Waals surface area (Å²) in [5.74, 6) is 0. The van der Waals surface area contributed by atoms with E-state index in [1.54, 1.807) is 0 Å². The largest absolute Gasteiger partial charge is 0.387 e. The zero-order chi connectivity index (χ0) is 17.5. The summed E-state index contributed by atoms with van der Waals surface area (Å²) in [6.07, 6.45) is 1.52. The fraction of sp³-hybridized carbons (Fsp3) is 0.273. The van der Waals surface area contributed by atoms with Crippen molar-refractivity contribution in [3.63, 3.8) is 0 Å². The molecule has 130 valence electrons. The summed E-state index contributed by atoms with van der Waals surface area (Å²) in [6.45, 7) is 2.75. The highest BCUT2D eigenvalue weighted by atomic mass is 32.1. The van der Waals surface area contributed by atoms with Crippen LogP contribution < -0.4 is 5.32 Å². The van der Waals surface area contributed by atoms with E-state index in [4.69, 9.17) is 0 Å². The van der Waals surface area contributed by atoms with Crippen molar-refractivity contribution in [1.82, 2.24) is 5.32 Å². The average molecular weight is 352 g/mol. The molecule has 0 bridgehead atoms. The summed E-state index contributed by atoms with van der Waals surface area (Å²) in [5, 5.41) is 15.9. The van der Waals surface area contributed by atoms with Gasteiger partial charge in [0.25, 0.3) is 0 Å². The van der Waals surface area contributed by atoms with Crippen molar-refractivity contribution >= 4 is 11.3 Å². The van der Waals surface area contributed by atoms with E-state index in [1.807, 2.05) is 41.7 Å². The molecule has 25 heavy (non-hydrogen) atoms. The summed E-state index contributed by atoms with van der Waals surface area (Å²) < 4.78 is 0. The Hall–Kier alpha value is -1.94. The lowest BCUT2D eigenvalue weighted by atomic mass is 10.1. The molecule has 2 nitrogen and oxygen atoms in total. The highest BCUT2D eigenvalue weighted by Crippen LogP contribution is 2.20. The Morgan fingerprint density at radius 1 is 0.960 bits per heavy atom. The molecule has 0 aliphatic carbocycles. The molecule has 0 amide bonds. The van der Waals surface area contributed by atoms with Crippen LogP contribution in [0.15, 0.2) is 72.1 Å². The summed E-state index contributed by atoms with van der Waals surface area (Å²) in [4.78, 5) is 1.39. The van der Waals surface area contributed by atoms with Gasteiger partial charge in [-0.25, -0.2) is 0 Å². The normalized spacial score (nSPS) is 13.5. The molecule has 3 aromatic rings. The van der Waals surface area contributed by atoms with Gasteiger partial charge in [0.05, 0.1) is 6.10 Å². The Kier molecular flexibility index (Phi) is 6.40. The molecule has 0 spiro atoms. The van der Waals surface area contributed by atoms with Crippen LogP contribution in [-0.2, 0) is 12.8 Å². The molecule has 1 aromatic heterocycles. The minimum absolute atomic E-state index is 0.335. The van der Waals surface area contributed by atoms with Crippen molar-refractivity contribution < 1.29 is 5.11 Å². The van der Waals surface area contributed by atoms with Crippen LogP contribution in [-0.4, -0.2) is 17.7 Å². The van der Waals surface area contributed by atoms with Crippen molar-refractivity contribution in [3.05, 3.63) is 93.7 Å². The van der Waals surface area contributed by atoms with E-state index >= 15 is 0 Å². The summed E-state index contributed by atoms with van der Waals surface area (Å²) in [6, 6.07) is 23.0. The maximum atomic E-state index is 10.2. The summed E-state index contributed by atoms with van der Waals surface area (Å²) in [7, 11) is 0. The van der Waals surface area contributed by atoms with Crippen LogP contribution in [0.25, 0.3) is 0 Å². The van der Waals surface area contributed by atoms with Gasteiger partial charge in [0.15, 0.2) is 0 Å².